The summed E-state index contributed by atoms with van der Waals surface area (Å²) < 4.78 is 6.05. The van der Waals surface area contributed by atoms with E-state index in [1.807, 2.05) is 48.8 Å². The molecule has 3 aromatic rings. The largest absolute Gasteiger partial charge is 0.450 e. The molecule has 7 heteroatoms. The minimum atomic E-state index is -0.218. The number of amides is 2. The average Bonchev–Trinajstić information content (AvgIpc) is 3.45. The van der Waals surface area contributed by atoms with E-state index in [-0.39, 0.29) is 17.9 Å². The van der Waals surface area contributed by atoms with E-state index < -0.39 is 0 Å². The van der Waals surface area contributed by atoms with E-state index in [2.05, 4.69) is 4.98 Å². The summed E-state index contributed by atoms with van der Waals surface area (Å²) in [5, 5.41) is 0.974. The maximum atomic E-state index is 13.5. The lowest BCUT2D eigenvalue weighted by Crippen LogP contribution is -2.36. The summed E-state index contributed by atoms with van der Waals surface area (Å²) in [6.45, 7) is 8.00. The predicted octanol–water partition coefficient (Wildman–Crippen LogP) is 4.75. The molecule has 2 fully saturated rings. The van der Waals surface area contributed by atoms with Crippen LogP contribution in [0.4, 0.5) is 0 Å². The monoisotopic (exact) mass is 446 g/mol. The zero-order valence-corrected chi connectivity index (χ0v) is 19.6. The molecule has 1 atom stereocenters. The highest BCUT2D eigenvalue weighted by Gasteiger charge is 2.35. The fourth-order valence-corrected chi connectivity index (χ4v) is 5.12. The summed E-state index contributed by atoms with van der Waals surface area (Å²) in [6.07, 6.45) is 6.58. The number of carbonyl (C=O) groups excluding carboxylic acids is 2. The highest BCUT2D eigenvalue weighted by atomic mass is 16.3. The summed E-state index contributed by atoms with van der Waals surface area (Å²) in [5.74, 6) is 0.866. The molecule has 1 unspecified atom stereocenters. The number of fused-ring (bicyclic) bond motifs is 1. The van der Waals surface area contributed by atoms with Crippen molar-refractivity contribution in [3.63, 3.8) is 0 Å². The van der Waals surface area contributed by atoms with E-state index in [1.165, 1.54) is 6.42 Å². The summed E-state index contributed by atoms with van der Waals surface area (Å²) in [5.41, 5.74) is 3.87. The molecule has 7 nitrogen and oxygen atoms in total. The maximum Gasteiger partial charge on any atom is 0.290 e. The molecule has 2 amide bonds. The average molecular weight is 447 g/mol. The fourth-order valence-electron chi connectivity index (χ4n) is 5.12. The molecule has 4 heterocycles. The second-order valence-corrected chi connectivity index (χ2v) is 9.24. The predicted molar refractivity (Wildman–Crippen MR) is 125 cm³/mol. The number of benzene rings is 1. The minimum Gasteiger partial charge on any atom is -0.450 e. The Labute approximate surface area is 193 Å². The zero-order valence-electron chi connectivity index (χ0n) is 19.6. The summed E-state index contributed by atoms with van der Waals surface area (Å²) >= 11 is 0. The van der Waals surface area contributed by atoms with Gasteiger partial charge in [-0.2, -0.15) is 0 Å². The van der Waals surface area contributed by atoms with Gasteiger partial charge in [0.15, 0.2) is 11.6 Å². The van der Waals surface area contributed by atoms with Crippen LogP contribution in [0.5, 0.6) is 0 Å². The molecule has 2 aliphatic heterocycles. The Bertz CT molecular complexity index is 1230. The number of para-hydroxylation sites is 1. The van der Waals surface area contributed by atoms with Gasteiger partial charge in [0.05, 0.1) is 17.3 Å². The molecule has 0 radical (unpaired) electrons. The van der Waals surface area contributed by atoms with Crippen LogP contribution in [0.25, 0.3) is 11.0 Å². The third-order valence-electron chi connectivity index (χ3n) is 7.04. The van der Waals surface area contributed by atoms with Crippen molar-refractivity contribution in [2.45, 2.75) is 58.9 Å². The van der Waals surface area contributed by atoms with Crippen LogP contribution in [-0.2, 0) is 0 Å². The van der Waals surface area contributed by atoms with Crippen LogP contribution in [0.1, 0.15) is 81.7 Å². The minimum absolute atomic E-state index is 0.00590. The maximum absolute atomic E-state index is 13.5. The third kappa shape index (κ3) is 3.79. The van der Waals surface area contributed by atoms with Crippen LogP contribution in [0.15, 0.2) is 28.8 Å². The first-order valence-corrected chi connectivity index (χ1v) is 11.9. The lowest BCUT2D eigenvalue weighted by Gasteiger charge is -2.27. The quantitative estimate of drug-likeness (QED) is 0.580. The molecule has 172 valence electrons. The van der Waals surface area contributed by atoms with E-state index in [0.717, 1.165) is 60.9 Å². The van der Waals surface area contributed by atoms with Crippen LogP contribution >= 0.6 is 0 Å². The van der Waals surface area contributed by atoms with Crippen molar-refractivity contribution in [2.75, 3.05) is 19.6 Å². The first kappa shape index (κ1) is 21.6. The van der Waals surface area contributed by atoms with Crippen LogP contribution in [0.2, 0.25) is 0 Å². The van der Waals surface area contributed by atoms with Crippen molar-refractivity contribution in [2.24, 2.45) is 0 Å². The van der Waals surface area contributed by atoms with Gasteiger partial charge in [-0.1, -0.05) is 18.2 Å². The van der Waals surface area contributed by atoms with Crippen LogP contribution < -0.4 is 0 Å². The Morgan fingerprint density at radius 2 is 1.79 bits per heavy atom. The Morgan fingerprint density at radius 3 is 2.52 bits per heavy atom. The molecular weight excluding hydrogens is 416 g/mol. The first-order valence-electron chi connectivity index (χ1n) is 11.9. The molecule has 2 aromatic heterocycles. The van der Waals surface area contributed by atoms with Crippen LogP contribution in [-0.4, -0.2) is 51.2 Å². The molecule has 1 aromatic carbocycles. The van der Waals surface area contributed by atoms with E-state index in [9.17, 15) is 9.59 Å². The van der Waals surface area contributed by atoms with Gasteiger partial charge in [0.2, 0.25) is 0 Å². The van der Waals surface area contributed by atoms with E-state index in [4.69, 9.17) is 9.40 Å². The smallest absolute Gasteiger partial charge is 0.290 e. The van der Waals surface area contributed by atoms with Gasteiger partial charge in [0.25, 0.3) is 11.8 Å². The van der Waals surface area contributed by atoms with Gasteiger partial charge in [0, 0.05) is 36.8 Å². The van der Waals surface area contributed by atoms with Crippen molar-refractivity contribution >= 4 is 22.8 Å². The standard InChI is InChI=1S/C26H30N4O3/c1-16-9-7-10-19-17(2)23(33-22(16)19)26(32)30-14-8-11-21(30)24-27-15-20(18(3)28-24)25(31)29-12-5-4-6-13-29/h7,9-10,15,21H,4-6,8,11-14H2,1-3H3. The second kappa shape index (κ2) is 8.61. The summed E-state index contributed by atoms with van der Waals surface area (Å²) in [6, 6.07) is 5.74. The van der Waals surface area contributed by atoms with Gasteiger partial charge in [-0.05, 0) is 58.4 Å². The highest BCUT2D eigenvalue weighted by Crippen LogP contribution is 2.35. The van der Waals surface area contributed by atoms with E-state index in [0.29, 0.717) is 29.4 Å². The molecular formula is C26H30N4O3. The molecule has 33 heavy (non-hydrogen) atoms. The number of carbonyl (C=O) groups is 2. The van der Waals surface area contributed by atoms with Crippen molar-refractivity contribution in [1.82, 2.24) is 19.8 Å². The molecule has 0 spiro atoms. The second-order valence-electron chi connectivity index (χ2n) is 9.24. The lowest BCUT2D eigenvalue weighted by atomic mass is 10.1. The number of rotatable bonds is 3. The van der Waals surface area contributed by atoms with Crippen LogP contribution in [0.3, 0.4) is 0 Å². The van der Waals surface area contributed by atoms with E-state index >= 15 is 0 Å². The van der Waals surface area contributed by atoms with Crippen molar-refractivity contribution in [3.8, 4) is 0 Å². The summed E-state index contributed by atoms with van der Waals surface area (Å²) in [4.78, 5) is 39.4. The molecule has 2 aliphatic rings. The number of piperidine rings is 1. The molecule has 0 saturated carbocycles. The topological polar surface area (TPSA) is 79.5 Å². The van der Waals surface area contributed by atoms with Gasteiger partial charge >= 0.3 is 0 Å². The van der Waals surface area contributed by atoms with Crippen molar-refractivity contribution < 1.29 is 14.0 Å². The number of aryl methyl sites for hydroxylation is 3. The molecule has 2 saturated heterocycles. The number of hydrogen-bond acceptors (Lipinski definition) is 5. The number of hydrogen-bond donors (Lipinski definition) is 0. The molecule has 0 aliphatic carbocycles. The Morgan fingerprint density at radius 1 is 1.00 bits per heavy atom. The fraction of sp³-hybridized carbons (Fsp3) is 0.462. The number of furan rings is 1. The number of nitrogens with zero attached hydrogens (tertiary/aromatic N) is 4. The van der Waals surface area contributed by atoms with Gasteiger partial charge in [-0.15, -0.1) is 0 Å². The highest BCUT2D eigenvalue weighted by molar-refractivity contribution is 6.00. The Hall–Kier alpha value is -3.22. The lowest BCUT2D eigenvalue weighted by molar-refractivity contribution is 0.0693. The number of likely N-dealkylation sites (tertiary alicyclic amines) is 2. The van der Waals surface area contributed by atoms with Gasteiger partial charge < -0.3 is 14.2 Å². The SMILES string of the molecule is Cc1nc(C2CCCN2C(=O)c2oc3c(C)cccc3c2C)ncc1C(=O)N1CCCCC1. The summed E-state index contributed by atoms with van der Waals surface area (Å²) in [7, 11) is 0. The first-order chi connectivity index (χ1) is 16.0. The normalized spacial score (nSPS) is 18.8. The van der Waals surface area contributed by atoms with Crippen molar-refractivity contribution in [1.29, 1.82) is 0 Å². The molecule has 0 bridgehead atoms. The van der Waals surface area contributed by atoms with Crippen LogP contribution in [0, 0.1) is 20.8 Å². The third-order valence-corrected chi connectivity index (χ3v) is 7.04. The Kier molecular flexibility index (Phi) is 5.64. The molecule has 0 N–H and O–H groups in total. The zero-order chi connectivity index (χ0) is 23.1. The number of aromatic nitrogens is 2. The molecule has 5 rings (SSSR count). The van der Waals surface area contributed by atoms with Crippen molar-refractivity contribution in [3.05, 3.63) is 58.4 Å². The Balaban J connectivity index is 1.41. The van der Waals surface area contributed by atoms with Gasteiger partial charge in [0.1, 0.15) is 5.58 Å². The van der Waals surface area contributed by atoms with E-state index in [1.54, 1.807) is 6.20 Å². The van der Waals surface area contributed by atoms with Gasteiger partial charge in [-0.25, -0.2) is 9.97 Å². The van der Waals surface area contributed by atoms with Gasteiger partial charge in [-0.3, -0.25) is 9.59 Å².